The molecule has 0 bridgehead atoms. The van der Waals surface area contributed by atoms with Crippen molar-refractivity contribution in [2.75, 3.05) is 27.2 Å². The minimum Gasteiger partial charge on any atom is -1.00 e. The molecule has 0 aromatic carbocycles. The number of hydrogen-bond acceptors (Lipinski definition) is 4. The van der Waals surface area contributed by atoms with Crippen molar-refractivity contribution < 1.29 is 31.2 Å². The number of hydrogen-bond donors (Lipinski definition) is 1. The van der Waals surface area contributed by atoms with Crippen LogP contribution >= 0.6 is 0 Å². The van der Waals surface area contributed by atoms with Crippen LogP contribution in [0.5, 0.6) is 5.75 Å². The average molecular weight is 596 g/mol. The number of aromatic nitrogens is 1. The van der Waals surface area contributed by atoms with E-state index in [0.29, 0.717) is 13.0 Å². The molecule has 41 heavy (non-hydrogen) atoms. The number of carbonyl (C=O) groups excluding carboxylic acids is 1. The van der Waals surface area contributed by atoms with Crippen LogP contribution in [-0.2, 0) is 22.7 Å². The van der Waals surface area contributed by atoms with E-state index in [2.05, 4.69) is 31.3 Å². The molecule has 238 valence electrons. The van der Waals surface area contributed by atoms with Crippen molar-refractivity contribution in [2.45, 2.75) is 156 Å². The average Bonchev–Trinajstić information content (AvgIpc) is 2.90. The van der Waals surface area contributed by atoms with Crippen molar-refractivity contribution in [3.8, 4) is 5.75 Å². The fraction of sp³-hybridized carbons (Fsp3) is 0.824. The number of nitrogens with one attached hydrogen (secondary N) is 1. The lowest BCUT2D eigenvalue weighted by Gasteiger charge is -2.36. The molecule has 0 radical (unpaired) electrons. The van der Waals surface area contributed by atoms with Crippen LogP contribution in [0.3, 0.4) is 0 Å². The lowest BCUT2D eigenvalue weighted by atomic mass is 10.0. The van der Waals surface area contributed by atoms with Crippen LogP contribution in [0.1, 0.15) is 147 Å². The van der Waals surface area contributed by atoms with Gasteiger partial charge in [-0.2, -0.15) is 0 Å². The molecule has 7 heteroatoms. The minimum absolute atomic E-state index is 0. The summed E-state index contributed by atoms with van der Waals surface area (Å²) in [5.41, 5.74) is 3.21. The number of rotatable bonds is 22. The summed E-state index contributed by atoms with van der Waals surface area (Å²) in [4.78, 5) is 16.9. The van der Waals surface area contributed by atoms with E-state index in [-0.39, 0.29) is 18.3 Å². The molecule has 1 aliphatic rings. The smallest absolute Gasteiger partial charge is 0.219 e. The van der Waals surface area contributed by atoms with E-state index in [0.717, 1.165) is 54.0 Å². The highest BCUT2D eigenvalue weighted by molar-refractivity contribution is 5.75. The molecule has 1 amide bonds. The molecule has 2 heterocycles. The first-order valence-electron chi connectivity index (χ1n) is 16.5. The number of quaternary nitrogens is 1. The van der Waals surface area contributed by atoms with Gasteiger partial charge in [0.05, 0.1) is 32.9 Å². The second-order valence-electron chi connectivity index (χ2n) is 13.2. The Morgan fingerprint density at radius 2 is 1.44 bits per heavy atom. The van der Waals surface area contributed by atoms with Crippen LogP contribution < -0.4 is 22.5 Å². The molecule has 0 spiro atoms. The molecule has 0 aliphatic carbocycles. The van der Waals surface area contributed by atoms with E-state index in [1.165, 1.54) is 95.5 Å². The molecule has 6 nitrogen and oxygen atoms in total. The minimum atomic E-state index is -0.618. The largest absolute Gasteiger partial charge is 1.00 e. The van der Waals surface area contributed by atoms with Gasteiger partial charge >= 0.3 is 0 Å². The number of pyridine rings is 1. The highest BCUT2D eigenvalue weighted by Crippen LogP contribution is 2.35. The molecule has 0 saturated heterocycles. The maximum Gasteiger partial charge on any atom is 0.219 e. The summed E-state index contributed by atoms with van der Waals surface area (Å²) >= 11 is 0. The second kappa shape index (κ2) is 20.5. The summed E-state index contributed by atoms with van der Waals surface area (Å²) in [6.07, 6.45) is 23.8. The van der Waals surface area contributed by atoms with E-state index in [1.807, 2.05) is 27.0 Å². The van der Waals surface area contributed by atoms with Gasteiger partial charge in [-0.05, 0) is 13.3 Å². The van der Waals surface area contributed by atoms with Gasteiger partial charge in [0.1, 0.15) is 12.3 Å². The molecule has 0 fully saturated rings. The highest BCUT2D eigenvalue weighted by atomic mass is 35.5. The number of unbranched alkanes of at least 4 members (excludes halogenated alkanes) is 14. The monoisotopic (exact) mass is 595 g/mol. The van der Waals surface area contributed by atoms with E-state index >= 15 is 0 Å². The molecule has 1 aromatic heterocycles. The molecule has 0 saturated carbocycles. The Morgan fingerprint density at radius 1 is 0.902 bits per heavy atom. The number of ether oxygens (including phenoxy) is 2. The van der Waals surface area contributed by atoms with E-state index in [9.17, 15) is 4.79 Å². The third kappa shape index (κ3) is 16.2. The highest BCUT2D eigenvalue weighted by Gasteiger charge is 2.32. The van der Waals surface area contributed by atoms with Crippen LogP contribution in [0.4, 0.5) is 0 Å². The lowest BCUT2D eigenvalue weighted by molar-refractivity contribution is -0.903. The molecule has 0 atom stereocenters. The van der Waals surface area contributed by atoms with E-state index in [4.69, 9.17) is 9.47 Å². The van der Waals surface area contributed by atoms with Gasteiger partial charge in [-0.25, -0.2) is 0 Å². The summed E-state index contributed by atoms with van der Waals surface area (Å²) in [5, 5.41) is 3.13. The summed E-state index contributed by atoms with van der Waals surface area (Å²) in [7, 11) is 4.47. The fourth-order valence-corrected chi connectivity index (χ4v) is 5.65. The van der Waals surface area contributed by atoms with Crippen molar-refractivity contribution in [3.05, 3.63) is 23.0 Å². The van der Waals surface area contributed by atoms with Gasteiger partial charge in [-0.15, -0.1) is 0 Å². The Kier molecular flexibility index (Phi) is 18.8. The molecular formula is C34H62ClN3O3. The number of amides is 1. The van der Waals surface area contributed by atoms with Gasteiger partial charge < -0.3 is 31.7 Å². The summed E-state index contributed by atoms with van der Waals surface area (Å²) in [5.74, 6) is 0.459. The van der Waals surface area contributed by atoms with Crippen LogP contribution in [0.25, 0.3) is 0 Å². The second-order valence-corrected chi connectivity index (χ2v) is 13.2. The van der Waals surface area contributed by atoms with E-state index in [1.54, 1.807) is 0 Å². The SMILES string of the molecule is CCCCCCCCCCCCCCCCCC(=O)NCCC[N+](C)(C)Cc1cnc(C)c2c1COC(C)(C)O2.[Cl-]. The molecule has 1 aliphatic heterocycles. The van der Waals surface area contributed by atoms with Gasteiger partial charge in [-0.3, -0.25) is 9.78 Å². The molecular weight excluding hydrogens is 534 g/mol. The number of nitrogens with zero attached hydrogens (tertiary/aromatic N) is 2. The van der Waals surface area contributed by atoms with Crippen LogP contribution in [0.2, 0.25) is 0 Å². The molecule has 1 aromatic rings. The first kappa shape index (κ1) is 37.7. The maximum atomic E-state index is 12.3. The Bertz CT molecular complexity index is 860. The third-order valence-electron chi connectivity index (χ3n) is 8.18. The van der Waals surface area contributed by atoms with Crippen molar-refractivity contribution >= 4 is 5.91 Å². The number of carbonyl (C=O) groups is 1. The third-order valence-corrected chi connectivity index (χ3v) is 8.18. The van der Waals surface area contributed by atoms with Crippen LogP contribution in [-0.4, -0.2) is 48.3 Å². The fourth-order valence-electron chi connectivity index (χ4n) is 5.65. The van der Waals surface area contributed by atoms with Crippen molar-refractivity contribution in [1.82, 2.24) is 10.3 Å². The van der Waals surface area contributed by atoms with Gasteiger partial charge in [0, 0.05) is 50.6 Å². The Labute approximate surface area is 258 Å². The first-order chi connectivity index (χ1) is 19.1. The summed E-state index contributed by atoms with van der Waals surface area (Å²) < 4.78 is 12.8. The quantitative estimate of drug-likeness (QED) is 0.144. The summed E-state index contributed by atoms with van der Waals surface area (Å²) in [6, 6.07) is 0. The number of halogens is 1. The summed E-state index contributed by atoms with van der Waals surface area (Å²) in [6.45, 7) is 11.3. The zero-order valence-corrected chi connectivity index (χ0v) is 28.2. The first-order valence-corrected chi connectivity index (χ1v) is 16.5. The Balaban J connectivity index is 0.00000840. The predicted octanol–water partition coefficient (Wildman–Crippen LogP) is 5.38. The standard InChI is InChI=1S/C34H61N3O3.ClH/c1-7-8-9-10-11-12-13-14-15-16-17-18-19-20-21-23-32(38)35-24-22-25-37(5,6)27-30-26-36-29(2)33-31(30)28-39-34(3,4)40-33;/h26H,7-25,27-28H2,1-6H3;1H. The normalized spacial score (nSPS) is 14.2. The predicted molar refractivity (Wildman–Crippen MR) is 166 cm³/mol. The van der Waals surface area contributed by atoms with Crippen LogP contribution in [0.15, 0.2) is 6.20 Å². The topological polar surface area (TPSA) is 60.5 Å². The van der Waals surface area contributed by atoms with Crippen molar-refractivity contribution in [1.29, 1.82) is 0 Å². The molecule has 1 N–H and O–H groups in total. The molecule has 0 unspecified atom stereocenters. The Morgan fingerprint density at radius 3 is 2.00 bits per heavy atom. The number of fused-ring (bicyclic) bond motifs is 1. The van der Waals surface area contributed by atoms with Crippen molar-refractivity contribution in [2.24, 2.45) is 0 Å². The van der Waals surface area contributed by atoms with Gasteiger partial charge in [0.15, 0.2) is 0 Å². The molecule has 2 rings (SSSR count). The maximum absolute atomic E-state index is 12.3. The Hall–Kier alpha value is -1.37. The van der Waals surface area contributed by atoms with Crippen molar-refractivity contribution in [3.63, 3.8) is 0 Å². The number of aryl methyl sites for hydroxylation is 1. The van der Waals surface area contributed by atoms with Gasteiger partial charge in [0.25, 0.3) is 0 Å². The van der Waals surface area contributed by atoms with Crippen LogP contribution in [0, 0.1) is 6.92 Å². The lowest BCUT2D eigenvalue weighted by Crippen LogP contribution is -3.00. The van der Waals surface area contributed by atoms with Gasteiger partial charge in [0.2, 0.25) is 11.7 Å². The zero-order valence-electron chi connectivity index (χ0n) is 27.4. The van der Waals surface area contributed by atoms with E-state index < -0.39 is 5.79 Å². The zero-order chi connectivity index (χ0) is 29.3. The van der Waals surface area contributed by atoms with Gasteiger partial charge in [-0.1, -0.05) is 96.8 Å².